The van der Waals surface area contributed by atoms with Gasteiger partial charge in [0.1, 0.15) is 24.0 Å². The summed E-state index contributed by atoms with van der Waals surface area (Å²) in [6.45, 7) is -0.833. The van der Waals surface area contributed by atoms with Crippen molar-refractivity contribution in [1.82, 2.24) is 10.2 Å². The van der Waals surface area contributed by atoms with Gasteiger partial charge in [-0.15, -0.1) is 0 Å². The van der Waals surface area contributed by atoms with E-state index in [-0.39, 0.29) is 42.0 Å². The van der Waals surface area contributed by atoms with Gasteiger partial charge in [-0.05, 0) is 36.1 Å². The summed E-state index contributed by atoms with van der Waals surface area (Å²) in [5.74, 6) is -1.04. The van der Waals surface area contributed by atoms with Crippen molar-refractivity contribution in [2.75, 3.05) is 24.2 Å². The molecule has 234 valence electrons. The average Bonchev–Trinajstić information content (AvgIpc) is 3.51. The van der Waals surface area contributed by atoms with Crippen LogP contribution in [-0.2, 0) is 32.6 Å². The molecule has 0 aromatic heterocycles. The molecular formula is C31H35ClN4O7S. The lowest BCUT2D eigenvalue weighted by Crippen LogP contribution is -2.54. The molecule has 11 nitrogen and oxygen atoms in total. The number of rotatable bonds is 13. The standard InChI is InChI=1S/C31H35ClN4O7S/c1-43-29-17-16-25(36(39)40)19-27(29)35(44(2,41)42)21-30(37)34(20-23-12-6-9-15-26(23)32)28(18-22-10-4-3-5-11-22)31(38)33-24-13-7-8-14-24/h3-6,9-12,15-17,19,24,28H,7-8,13-14,18,20-21H2,1-2H3,(H,33,38)/t28-/m0/s1. The highest BCUT2D eigenvalue weighted by molar-refractivity contribution is 7.92. The SMILES string of the molecule is COc1ccc([N+](=O)[O-])cc1N(CC(=O)N(Cc1ccccc1Cl)[C@@H](Cc1ccccc1)C(=O)NC1CCCC1)S(C)(=O)=O. The molecule has 0 unspecified atom stereocenters. The molecule has 13 heteroatoms. The molecule has 1 aliphatic rings. The molecular weight excluding hydrogens is 608 g/mol. The molecule has 0 spiro atoms. The Labute approximate surface area is 262 Å². The number of anilines is 1. The van der Waals surface area contributed by atoms with E-state index >= 15 is 0 Å². The van der Waals surface area contributed by atoms with Crippen LogP contribution in [0.1, 0.15) is 36.8 Å². The van der Waals surface area contributed by atoms with Crippen molar-refractivity contribution in [1.29, 1.82) is 0 Å². The lowest BCUT2D eigenvalue weighted by molar-refractivity contribution is -0.384. The van der Waals surface area contributed by atoms with Crippen molar-refractivity contribution in [3.05, 3.63) is 99.1 Å². The van der Waals surface area contributed by atoms with Gasteiger partial charge in [-0.1, -0.05) is 73.0 Å². The first kappa shape index (κ1) is 32.7. The number of ether oxygens (including phenoxy) is 1. The van der Waals surface area contributed by atoms with E-state index in [2.05, 4.69) is 5.32 Å². The molecule has 0 radical (unpaired) electrons. The van der Waals surface area contributed by atoms with Crippen LogP contribution in [0.4, 0.5) is 11.4 Å². The molecule has 3 aromatic rings. The van der Waals surface area contributed by atoms with Gasteiger partial charge in [0, 0.05) is 36.2 Å². The summed E-state index contributed by atoms with van der Waals surface area (Å²) < 4.78 is 32.3. The topological polar surface area (TPSA) is 139 Å². The Morgan fingerprint density at radius 3 is 2.34 bits per heavy atom. The first-order chi connectivity index (χ1) is 21.0. The number of sulfonamides is 1. The molecule has 0 heterocycles. The molecule has 0 bridgehead atoms. The minimum atomic E-state index is -4.17. The van der Waals surface area contributed by atoms with Crippen LogP contribution in [0.15, 0.2) is 72.8 Å². The maximum atomic E-state index is 14.3. The number of amides is 2. The zero-order valence-corrected chi connectivity index (χ0v) is 26.1. The summed E-state index contributed by atoms with van der Waals surface area (Å²) in [5.41, 5.74) is 0.808. The highest BCUT2D eigenvalue weighted by Crippen LogP contribution is 2.34. The number of hydrogen-bond acceptors (Lipinski definition) is 7. The van der Waals surface area contributed by atoms with Crippen molar-refractivity contribution in [2.45, 2.75) is 50.7 Å². The third-order valence-corrected chi connectivity index (χ3v) is 9.09. The van der Waals surface area contributed by atoms with Gasteiger partial charge in [0.15, 0.2) is 0 Å². The van der Waals surface area contributed by atoms with E-state index in [9.17, 15) is 28.1 Å². The Balaban J connectivity index is 1.79. The lowest BCUT2D eigenvalue weighted by atomic mass is 10.0. The first-order valence-electron chi connectivity index (χ1n) is 14.1. The van der Waals surface area contributed by atoms with E-state index in [1.165, 1.54) is 24.1 Å². The van der Waals surface area contributed by atoms with E-state index in [1.807, 2.05) is 30.3 Å². The van der Waals surface area contributed by atoms with E-state index in [1.54, 1.807) is 24.3 Å². The van der Waals surface area contributed by atoms with Gasteiger partial charge in [0.25, 0.3) is 5.69 Å². The Morgan fingerprint density at radius 2 is 1.73 bits per heavy atom. The quantitative estimate of drug-likeness (QED) is 0.210. The summed E-state index contributed by atoms with van der Waals surface area (Å²) in [5, 5.41) is 15.0. The zero-order chi connectivity index (χ0) is 31.9. The Kier molecular flexibility index (Phi) is 10.8. The highest BCUT2D eigenvalue weighted by atomic mass is 35.5. The number of nitrogens with one attached hydrogen (secondary N) is 1. The zero-order valence-electron chi connectivity index (χ0n) is 24.5. The van der Waals surface area contributed by atoms with Crippen LogP contribution in [0.5, 0.6) is 5.75 Å². The van der Waals surface area contributed by atoms with E-state index in [4.69, 9.17) is 16.3 Å². The number of benzene rings is 3. The van der Waals surface area contributed by atoms with E-state index in [0.29, 0.717) is 10.6 Å². The van der Waals surface area contributed by atoms with Gasteiger partial charge in [0.05, 0.1) is 18.3 Å². The second kappa shape index (κ2) is 14.5. The third-order valence-electron chi connectivity index (χ3n) is 7.59. The molecule has 1 fully saturated rings. The second-order valence-corrected chi connectivity index (χ2v) is 13.0. The fourth-order valence-electron chi connectivity index (χ4n) is 5.31. The number of methoxy groups -OCH3 is 1. The molecule has 0 aliphatic heterocycles. The fraction of sp³-hybridized carbons (Fsp3) is 0.355. The average molecular weight is 643 g/mol. The first-order valence-corrected chi connectivity index (χ1v) is 16.4. The normalized spacial score (nSPS) is 14.1. The summed E-state index contributed by atoms with van der Waals surface area (Å²) in [6, 6.07) is 18.6. The van der Waals surface area contributed by atoms with Gasteiger partial charge >= 0.3 is 0 Å². The minimum Gasteiger partial charge on any atom is -0.495 e. The minimum absolute atomic E-state index is 0.0197. The number of carbonyl (C=O) groups is 2. The van der Waals surface area contributed by atoms with E-state index in [0.717, 1.165) is 47.9 Å². The van der Waals surface area contributed by atoms with Crippen LogP contribution < -0.4 is 14.4 Å². The molecule has 1 N–H and O–H groups in total. The van der Waals surface area contributed by atoms with Crippen molar-refractivity contribution < 1.29 is 27.7 Å². The lowest BCUT2D eigenvalue weighted by Gasteiger charge is -2.34. The summed E-state index contributed by atoms with van der Waals surface area (Å²) in [4.78, 5) is 40.4. The van der Waals surface area contributed by atoms with Crippen LogP contribution in [0.2, 0.25) is 5.02 Å². The van der Waals surface area contributed by atoms with Gasteiger partial charge < -0.3 is 15.0 Å². The predicted molar refractivity (Wildman–Crippen MR) is 168 cm³/mol. The smallest absolute Gasteiger partial charge is 0.271 e. The van der Waals surface area contributed by atoms with Crippen molar-refractivity contribution in [2.24, 2.45) is 0 Å². The summed E-state index contributed by atoms with van der Waals surface area (Å²) in [6.07, 6.45) is 4.70. The van der Waals surface area contributed by atoms with Gasteiger partial charge in [0.2, 0.25) is 21.8 Å². The highest BCUT2D eigenvalue weighted by Gasteiger charge is 2.35. The van der Waals surface area contributed by atoms with Crippen LogP contribution in [0, 0.1) is 10.1 Å². The van der Waals surface area contributed by atoms with Crippen molar-refractivity contribution in [3.8, 4) is 5.75 Å². The monoisotopic (exact) mass is 642 g/mol. The Bertz CT molecular complexity index is 1600. The molecule has 4 rings (SSSR count). The van der Waals surface area contributed by atoms with Crippen molar-refractivity contribution >= 4 is 44.8 Å². The van der Waals surface area contributed by atoms with Gasteiger partial charge in [-0.3, -0.25) is 24.0 Å². The number of nitro benzene ring substituents is 1. The maximum absolute atomic E-state index is 14.3. The Hall–Kier alpha value is -4.16. The fourth-order valence-corrected chi connectivity index (χ4v) is 6.35. The third kappa shape index (κ3) is 8.26. The van der Waals surface area contributed by atoms with E-state index < -0.39 is 33.4 Å². The number of nitrogens with zero attached hydrogens (tertiary/aromatic N) is 3. The van der Waals surface area contributed by atoms with Gasteiger partial charge in [-0.2, -0.15) is 0 Å². The molecule has 44 heavy (non-hydrogen) atoms. The Morgan fingerprint density at radius 1 is 1.07 bits per heavy atom. The van der Waals surface area contributed by atoms with Crippen LogP contribution in [0.25, 0.3) is 0 Å². The van der Waals surface area contributed by atoms with Crippen LogP contribution in [-0.4, -0.2) is 62.0 Å². The largest absolute Gasteiger partial charge is 0.495 e. The van der Waals surface area contributed by atoms with Crippen molar-refractivity contribution in [3.63, 3.8) is 0 Å². The molecule has 3 aromatic carbocycles. The molecule has 1 atom stereocenters. The molecule has 0 saturated heterocycles. The number of nitro groups is 1. The van der Waals surface area contributed by atoms with Gasteiger partial charge in [-0.25, -0.2) is 8.42 Å². The number of carbonyl (C=O) groups excluding carboxylic acids is 2. The van der Waals surface area contributed by atoms with Crippen LogP contribution >= 0.6 is 11.6 Å². The number of hydrogen-bond donors (Lipinski definition) is 1. The maximum Gasteiger partial charge on any atom is 0.271 e. The summed E-state index contributed by atoms with van der Waals surface area (Å²) >= 11 is 6.49. The van der Waals surface area contributed by atoms with Crippen LogP contribution in [0.3, 0.4) is 0 Å². The molecule has 1 saturated carbocycles. The number of halogens is 1. The molecule has 2 amide bonds. The predicted octanol–water partition coefficient (Wildman–Crippen LogP) is 4.72. The summed E-state index contributed by atoms with van der Waals surface area (Å²) in [7, 11) is -2.88. The molecule has 1 aliphatic carbocycles. The second-order valence-electron chi connectivity index (χ2n) is 10.7. The number of non-ortho nitro benzene ring substituents is 1.